The van der Waals surface area contributed by atoms with E-state index >= 15 is 0 Å². The van der Waals surface area contributed by atoms with Gasteiger partial charge in [-0.2, -0.15) is 0 Å². The topological polar surface area (TPSA) is 72.9 Å². The molecular formula is C20H19NO5. The molecule has 2 aromatic rings. The number of Topliss-reactive ketones (excluding diaryl/α,β-unsaturated/α-hetero) is 1. The van der Waals surface area contributed by atoms with Crippen LogP contribution in [0.3, 0.4) is 0 Å². The Morgan fingerprint density at radius 3 is 2.46 bits per heavy atom. The van der Waals surface area contributed by atoms with Gasteiger partial charge in [0.15, 0.2) is 6.61 Å². The van der Waals surface area contributed by atoms with Gasteiger partial charge in [-0.25, -0.2) is 4.79 Å². The molecule has 0 atom stereocenters. The molecule has 6 heteroatoms. The molecule has 0 N–H and O–H groups in total. The van der Waals surface area contributed by atoms with Gasteiger partial charge in [-0.05, 0) is 42.8 Å². The van der Waals surface area contributed by atoms with E-state index in [1.807, 2.05) is 0 Å². The molecule has 0 radical (unpaired) electrons. The summed E-state index contributed by atoms with van der Waals surface area (Å²) in [6, 6.07) is 13.4. The third kappa shape index (κ3) is 3.74. The number of benzene rings is 2. The molecule has 3 rings (SSSR count). The first-order chi connectivity index (χ1) is 12.6. The molecule has 0 aliphatic carbocycles. The number of carbonyl (C=O) groups excluding carboxylic acids is 3. The lowest BCUT2D eigenvalue weighted by Gasteiger charge is -2.15. The first-order valence-corrected chi connectivity index (χ1v) is 8.34. The van der Waals surface area contributed by atoms with E-state index in [2.05, 4.69) is 0 Å². The van der Waals surface area contributed by atoms with Gasteiger partial charge in [-0.15, -0.1) is 0 Å². The van der Waals surface area contributed by atoms with Gasteiger partial charge >= 0.3 is 5.97 Å². The second-order valence-corrected chi connectivity index (χ2v) is 5.90. The van der Waals surface area contributed by atoms with E-state index in [4.69, 9.17) is 9.47 Å². The Bertz CT molecular complexity index is 828. The van der Waals surface area contributed by atoms with E-state index < -0.39 is 5.97 Å². The first kappa shape index (κ1) is 17.7. The van der Waals surface area contributed by atoms with Crippen molar-refractivity contribution in [3.05, 3.63) is 59.7 Å². The Labute approximate surface area is 151 Å². The van der Waals surface area contributed by atoms with Crippen LogP contribution in [0.25, 0.3) is 0 Å². The fourth-order valence-corrected chi connectivity index (χ4v) is 2.87. The van der Waals surface area contributed by atoms with Gasteiger partial charge in [-0.3, -0.25) is 9.59 Å². The van der Waals surface area contributed by atoms with Gasteiger partial charge < -0.3 is 14.4 Å². The largest absolute Gasteiger partial charge is 0.496 e. The summed E-state index contributed by atoms with van der Waals surface area (Å²) in [5, 5.41) is 0. The van der Waals surface area contributed by atoms with E-state index in [1.54, 1.807) is 53.4 Å². The summed E-state index contributed by atoms with van der Waals surface area (Å²) in [4.78, 5) is 37.8. The molecule has 0 spiro atoms. The quantitative estimate of drug-likeness (QED) is 0.590. The number of ketones is 1. The van der Waals surface area contributed by atoms with Crippen molar-refractivity contribution in [3.63, 3.8) is 0 Å². The Morgan fingerprint density at radius 2 is 1.81 bits per heavy atom. The van der Waals surface area contributed by atoms with Crippen LogP contribution >= 0.6 is 0 Å². The van der Waals surface area contributed by atoms with Gasteiger partial charge in [0.2, 0.25) is 11.7 Å². The monoisotopic (exact) mass is 353 g/mol. The Morgan fingerprint density at radius 1 is 1.08 bits per heavy atom. The predicted octanol–water partition coefficient (Wildman–Crippen LogP) is 2.86. The number of hydrogen-bond donors (Lipinski definition) is 0. The second kappa shape index (κ2) is 7.82. The average molecular weight is 353 g/mol. The maximum atomic E-state index is 12.2. The van der Waals surface area contributed by atoms with Crippen molar-refractivity contribution in [1.82, 2.24) is 0 Å². The zero-order valence-corrected chi connectivity index (χ0v) is 14.4. The van der Waals surface area contributed by atoms with Crippen LogP contribution in [0.2, 0.25) is 0 Å². The minimum Gasteiger partial charge on any atom is -0.496 e. The summed E-state index contributed by atoms with van der Waals surface area (Å²) in [7, 11) is 1.48. The summed E-state index contributed by atoms with van der Waals surface area (Å²) in [5.74, 6) is -0.404. The van der Waals surface area contributed by atoms with Crippen LogP contribution in [0, 0.1) is 0 Å². The number of nitrogens with zero attached hydrogens (tertiary/aromatic N) is 1. The van der Waals surface area contributed by atoms with Crippen molar-refractivity contribution in [2.45, 2.75) is 12.8 Å². The van der Waals surface area contributed by atoms with Crippen molar-refractivity contribution < 1.29 is 23.9 Å². The highest BCUT2D eigenvalue weighted by Gasteiger charge is 2.22. The maximum absolute atomic E-state index is 12.2. The standard InChI is InChI=1S/C20H19NO5/c1-25-18-6-3-2-5-16(18)17(22)13-26-20(24)14-8-10-15(11-9-14)21-12-4-7-19(21)23/h2-3,5-6,8-11H,4,7,12-13H2,1H3. The molecule has 0 unspecified atom stereocenters. The Balaban J connectivity index is 1.61. The van der Waals surface area contributed by atoms with E-state index in [-0.39, 0.29) is 18.3 Å². The molecule has 134 valence electrons. The molecule has 6 nitrogen and oxygen atoms in total. The fourth-order valence-electron chi connectivity index (χ4n) is 2.87. The predicted molar refractivity (Wildman–Crippen MR) is 95.6 cm³/mol. The number of rotatable bonds is 6. The van der Waals surface area contributed by atoms with Crippen LogP contribution < -0.4 is 9.64 Å². The molecular weight excluding hydrogens is 334 g/mol. The van der Waals surface area contributed by atoms with Crippen molar-refractivity contribution in [3.8, 4) is 5.75 Å². The fraction of sp³-hybridized carbons (Fsp3) is 0.250. The zero-order valence-electron chi connectivity index (χ0n) is 14.4. The normalized spacial score (nSPS) is 13.6. The SMILES string of the molecule is COc1ccccc1C(=O)COC(=O)c1ccc(N2CCCC2=O)cc1. The lowest BCUT2D eigenvalue weighted by molar-refractivity contribution is -0.117. The van der Waals surface area contributed by atoms with Crippen LogP contribution in [0.5, 0.6) is 5.75 Å². The van der Waals surface area contributed by atoms with Crippen LogP contribution in [-0.2, 0) is 9.53 Å². The summed E-state index contributed by atoms with van der Waals surface area (Å²) in [6.45, 7) is 0.321. The molecule has 1 fully saturated rings. The number of para-hydroxylation sites is 1. The highest BCUT2D eigenvalue weighted by molar-refractivity contribution is 6.01. The van der Waals surface area contributed by atoms with Crippen LogP contribution in [0.4, 0.5) is 5.69 Å². The third-order valence-corrected chi connectivity index (χ3v) is 4.23. The van der Waals surface area contributed by atoms with Crippen molar-refractivity contribution in [2.24, 2.45) is 0 Å². The number of anilines is 1. The van der Waals surface area contributed by atoms with Crippen LogP contribution in [0.15, 0.2) is 48.5 Å². The first-order valence-electron chi connectivity index (χ1n) is 8.34. The third-order valence-electron chi connectivity index (χ3n) is 4.23. The van der Waals surface area contributed by atoms with Gasteiger partial charge in [0.1, 0.15) is 5.75 Å². The number of methoxy groups -OCH3 is 1. The minimum atomic E-state index is -0.590. The second-order valence-electron chi connectivity index (χ2n) is 5.90. The summed E-state index contributed by atoms with van der Waals surface area (Å²) in [5.41, 5.74) is 1.45. The molecule has 0 saturated carbocycles. The van der Waals surface area contributed by atoms with Gasteiger partial charge in [0.05, 0.1) is 18.2 Å². The highest BCUT2D eigenvalue weighted by Crippen LogP contribution is 2.22. The van der Waals surface area contributed by atoms with Gasteiger partial charge in [0.25, 0.3) is 0 Å². The molecule has 0 aromatic heterocycles. The van der Waals surface area contributed by atoms with Crippen molar-refractivity contribution >= 4 is 23.3 Å². The smallest absolute Gasteiger partial charge is 0.338 e. The molecule has 1 aliphatic heterocycles. The summed E-state index contributed by atoms with van der Waals surface area (Å²) < 4.78 is 10.2. The zero-order chi connectivity index (χ0) is 18.5. The highest BCUT2D eigenvalue weighted by atomic mass is 16.5. The van der Waals surface area contributed by atoms with Gasteiger partial charge in [0, 0.05) is 18.7 Å². The summed E-state index contributed by atoms with van der Waals surface area (Å²) >= 11 is 0. The van der Waals surface area contributed by atoms with E-state index in [1.165, 1.54) is 7.11 Å². The van der Waals surface area contributed by atoms with Crippen molar-refractivity contribution in [1.29, 1.82) is 0 Å². The Hall–Kier alpha value is -3.15. The van der Waals surface area contributed by atoms with Crippen LogP contribution in [0.1, 0.15) is 33.6 Å². The Kier molecular flexibility index (Phi) is 5.31. The van der Waals surface area contributed by atoms with E-state index in [0.717, 1.165) is 12.1 Å². The molecule has 1 heterocycles. The lowest BCUT2D eigenvalue weighted by Crippen LogP contribution is -2.23. The maximum Gasteiger partial charge on any atom is 0.338 e. The molecule has 1 aliphatic rings. The number of carbonyl (C=O) groups is 3. The molecule has 1 amide bonds. The molecule has 2 aromatic carbocycles. The molecule has 0 bridgehead atoms. The van der Waals surface area contributed by atoms with Gasteiger partial charge in [-0.1, -0.05) is 12.1 Å². The average Bonchev–Trinajstić information content (AvgIpc) is 3.11. The van der Waals surface area contributed by atoms with E-state index in [0.29, 0.717) is 29.8 Å². The van der Waals surface area contributed by atoms with Crippen molar-refractivity contribution in [2.75, 3.05) is 25.2 Å². The van der Waals surface area contributed by atoms with E-state index in [9.17, 15) is 14.4 Å². The summed E-state index contributed by atoms with van der Waals surface area (Å²) in [6.07, 6.45) is 1.39. The molecule has 26 heavy (non-hydrogen) atoms. The number of amides is 1. The lowest BCUT2D eigenvalue weighted by atomic mass is 10.1. The molecule has 1 saturated heterocycles. The minimum absolute atomic E-state index is 0.0859. The van der Waals surface area contributed by atoms with Crippen LogP contribution in [-0.4, -0.2) is 37.9 Å². The number of esters is 1. The number of ether oxygens (including phenoxy) is 2. The number of hydrogen-bond acceptors (Lipinski definition) is 5.